The van der Waals surface area contributed by atoms with Crippen molar-refractivity contribution in [2.75, 3.05) is 19.6 Å². The maximum Gasteiger partial charge on any atom is 0.0770 e. The van der Waals surface area contributed by atoms with Gasteiger partial charge < -0.3 is 17.3 Å². The van der Waals surface area contributed by atoms with Gasteiger partial charge in [-0.1, -0.05) is 108 Å². The van der Waals surface area contributed by atoms with Crippen LogP contribution in [-0.2, 0) is 6.42 Å². The fraction of sp³-hybridized carbons (Fsp3) is 0.778. The van der Waals surface area contributed by atoms with Crippen molar-refractivity contribution in [3.8, 4) is 0 Å². The van der Waals surface area contributed by atoms with Gasteiger partial charge in [0.05, 0.1) is 19.6 Å². The SMILES string of the molecule is CCC[NH+](CCC)CCCCCCCCCCCCCCCc1ccccc1.[Cl-]. The van der Waals surface area contributed by atoms with E-state index in [4.69, 9.17) is 0 Å². The average Bonchev–Trinajstić information content (AvgIpc) is 2.72. The van der Waals surface area contributed by atoms with Crippen molar-refractivity contribution in [3.63, 3.8) is 0 Å². The van der Waals surface area contributed by atoms with Crippen molar-refractivity contribution < 1.29 is 17.3 Å². The highest BCUT2D eigenvalue weighted by atomic mass is 35.5. The van der Waals surface area contributed by atoms with Crippen LogP contribution in [0.25, 0.3) is 0 Å². The van der Waals surface area contributed by atoms with Crippen molar-refractivity contribution in [1.82, 2.24) is 0 Å². The monoisotopic (exact) mass is 423 g/mol. The normalized spacial score (nSPS) is 11.0. The van der Waals surface area contributed by atoms with Gasteiger partial charge in [-0.3, -0.25) is 0 Å². The third-order valence-electron chi connectivity index (χ3n) is 6.05. The van der Waals surface area contributed by atoms with Crippen LogP contribution in [0.4, 0.5) is 0 Å². The second kappa shape index (κ2) is 22.2. The summed E-state index contributed by atoms with van der Waals surface area (Å²) >= 11 is 0. The van der Waals surface area contributed by atoms with Crippen LogP contribution in [0, 0.1) is 0 Å². The maximum absolute atomic E-state index is 2.32. The molecule has 1 N–H and O–H groups in total. The van der Waals surface area contributed by atoms with Gasteiger partial charge in [0.15, 0.2) is 0 Å². The molecule has 2 heteroatoms. The zero-order chi connectivity index (χ0) is 20.1. The fourth-order valence-electron chi connectivity index (χ4n) is 4.38. The molecule has 0 heterocycles. The Balaban J connectivity index is 0.00000784. The highest BCUT2D eigenvalue weighted by Gasteiger charge is 2.04. The minimum absolute atomic E-state index is 0. The van der Waals surface area contributed by atoms with Gasteiger partial charge in [-0.15, -0.1) is 0 Å². The smallest absolute Gasteiger partial charge is 0.0770 e. The Hall–Kier alpha value is -0.530. The summed E-state index contributed by atoms with van der Waals surface area (Å²) < 4.78 is 0. The quantitative estimate of drug-likeness (QED) is 0.302. The van der Waals surface area contributed by atoms with Crippen LogP contribution in [-0.4, -0.2) is 19.6 Å². The molecular weight excluding hydrogens is 374 g/mol. The lowest BCUT2D eigenvalue weighted by molar-refractivity contribution is -0.900. The lowest BCUT2D eigenvalue weighted by Crippen LogP contribution is -3.12. The molecule has 0 unspecified atom stereocenters. The van der Waals surface area contributed by atoms with E-state index in [1.807, 2.05) is 4.90 Å². The molecule has 1 rings (SSSR count). The van der Waals surface area contributed by atoms with E-state index in [0.717, 1.165) is 0 Å². The maximum atomic E-state index is 2.32. The molecule has 0 amide bonds. The molecule has 0 saturated carbocycles. The molecule has 0 aliphatic heterocycles. The topological polar surface area (TPSA) is 4.44 Å². The Morgan fingerprint density at radius 3 is 1.38 bits per heavy atom. The third kappa shape index (κ3) is 18.0. The zero-order valence-corrected chi connectivity index (χ0v) is 20.5. The van der Waals surface area contributed by atoms with E-state index < -0.39 is 0 Å². The lowest BCUT2D eigenvalue weighted by Gasteiger charge is -2.17. The van der Waals surface area contributed by atoms with Crippen molar-refractivity contribution in [1.29, 1.82) is 0 Å². The molecule has 170 valence electrons. The van der Waals surface area contributed by atoms with Crippen LogP contribution in [0.3, 0.4) is 0 Å². The van der Waals surface area contributed by atoms with Gasteiger partial charge in [0.1, 0.15) is 0 Å². The molecule has 0 radical (unpaired) electrons. The van der Waals surface area contributed by atoms with Crippen LogP contribution in [0.15, 0.2) is 30.3 Å². The van der Waals surface area contributed by atoms with Gasteiger partial charge >= 0.3 is 0 Å². The Bertz CT molecular complexity index is 414. The highest BCUT2D eigenvalue weighted by molar-refractivity contribution is 5.14. The fourth-order valence-corrected chi connectivity index (χ4v) is 4.38. The van der Waals surface area contributed by atoms with E-state index in [1.54, 1.807) is 0 Å². The van der Waals surface area contributed by atoms with Crippen LogP contribution in [0.1, 0.15) is 116 Å². The summed E-state index contributed by atoms with van der Waals surface area (Å²) in [5.41, 5.74) is 1.50. The zero-order valence-electron chi connectivity index (χ0n) is 19.7. The van der Waals surface area contributed by atoms with Crippen molar-refractivity contribution in [2.24, 2.45) is 0 Å². The van der Waals surface area contributed by atoms with Crippen LogP contribution >= 0.6 is 0 Å². The van der Waals surface area contributed by atoms with Gasteiger partial charge in [0.25, 0.3) is 0 Å². The standard InChI is InChI=1S/C27H49N.ClH/c1-3-24-28(25-4-2)26-20-15-13-11-9-7-5-6-8-10-12-14-17-21-27-22-18-16-19-23-27;/h16,18-19,22-23H,3-15,17,20-21,24-26H2,1-2H3;1H. The van der Waals surface area contributed by atoms with E-state index in [9.17, 15) is 0 Å². The molecule has 0 aromatic heterocycles. The van der Waals surface area contributed by atoms with E-state index in [0.29, 0.717) is 0 Å². The summed E-state index contributed by atoms with van der Waals surface area (Å²) in [5, 5.41) is 0. The second-order valence-electron chi connectivity index (χ2n) is 8.83. The molecule has 1 aromatic carbocycles. The van der Waals surface area contributed by atoms with Crippen LogP contribution in [0.2, 0.25) is 0 Å². The number of halogens is 1. The number of nitrogens with one attached hydrogen (secondary N) is 1. The molecule has 0 spiro atoms. The van der Waals surface area contributed by atoms with E-state index in [1.165, 1.54) is 128 Å². The van der Waals surface area contributed by atoms with E-state index >= 15 is 0 Å². The second-order valence-corrected chi connectivity index (χ2v) is 8.83. The third-order valence-corrected chi connectivity index (χ3v) is 6.05. The number of hydrogen-bond acceptors (Lipinski definition) is 0. The number of quaternary nitrogens is 1. The first-order valence-corrected chi connectivity index (χ1v) is 12.7. The predicted molar refractivity (Wildman–Crippen MR) is 126 cm³/mol. The molecule has 1 aromatic rings. The van der Waals surface area contributed by atoms with Gasteiger partial charge in [0.2, 0.25) is 0 Å². The van der Waals surface area contributed by atoms with Crippen LogP contribution < -0.4 is 17.3 Å². The van der Waals surface area contributed by atoms with E-state index in [-0.39, 0.29) is 12.4 Å². The first-order chi connectivity index (χ1) is 13.9. The molecule has 0 aliphatic carbocycles. The first-order valence-electron chi connectivity index (χ1n) is 12.7. The Morgan fingerprint density at radius 1 is 0.517 bits per heavy atom. The summed E-state index contributed by atoms with van der Waals surface area (Å²) in [5.74, 6) is 0. The molecule has 0 atom stereocenters. The molecule has 0 saturated heterocycles. The van der Waals surface area contributed by atoms with Gasteiger partial charge in [-0.25, -0.2) is 0 Å². The highest BCUT2D eigenvalue weighted by Crippen LogP contribution is 2.13. The predicted octanol–water partition coefficient (Wildman–Crippen LogP) is 4.01. The van der Waals surface area contributed by atoms with E-state index in [2.05, 4.69) is 44.2 Å². The number of unbranched alkanes of at least 4 members (excludes halogenated alkanes) is 12. The molecular formula is C27H50ClN. The van der Waals surface area contributed by atoms with Crippen molar-refractivity contribution in [2.45, 2.75) is 117 Å². The van der Waals surface area contributed by atoms with Crippen molar-refractivity contribution >= 4 is 0 Å². The number of hydrogen-bond donors (Lipinski definition) is 1. The average molecular weight is 424 g/mol. The Labute approximate surface area is 189 Å². The molecule has 0 aliphatic rings. The minimum atomic E-state index is 0. The molecule has 0 bridgehead atoms. The Kier molecular flexibility index (Phi) is 21.8. The molecule has 1 nitrogen and oxygen atoms in total. The summed E-state index contributed by atoms with van der Waals surface area (Å²) in [4.78, 5) is 1.84. The lowest BCUT2D eigenvalue weighted by atomic mass is 10.0. The van der Waals surface area contributed by atoms with Crippen molar-refractivity contribution in [3.05, 3.63) is 35.9 Å². The molecule has 29 heavy (non-hydrogen) atoms. The van der Waals surface area contributed by atoms with Crippen LogP contribution in [0.5, 0.6) is 0 Å². The summed E-state index contributed by atoms with van der Waals surface area (Å²) in [6, 6.07) is 10.9. The van der Waals surface area contributed by atoms with Gasteiger partial charge in [-0.05, 0) is 44.1 Å². The molecule has 0 fully saturated rings. The Morgan fingerprint density at radius 2 is 0.931 bits per heavy atom. The minimum Gasteiger partial charge on any atom is -1.00 e. The van der Waals surface area contributed by atoms with Gasteiger partial charge in [0, 0.05) is 0 Å². The largest absolute Gasteiger partial charge is 1.00 e. The van der Waals surface area contributed by atoms with Gasteiger partial charge in [-0.2, -0.15) is 0 Å². The first kappa shape index (κ1) is 28.5. The summed E-state index contributed by atoms with van der Waals surface area (Å²) in [6.45, 7) is 8.80. The summed E-state index contributed by atoms with van der Waals surface area (Å²) in [7, 11) is 0. The number of aryl methyl sites for hydroxylation is 1. The number of rotatable bonds is 20. The summed E-state index contributed by atoms with van der Waals surface area (Å²) in [6.07, 6.45) is 22.7. The number of benzene rings is 1.